The van der Waals surface area contributed by atoms with E-state index in [4.69, 9.17) is 0 Å². The smallest absolute Gasteiger partial charge is 0.322 e. The molecule has 1 N–H and O–H groups in total. The van der Waals surface area contributed by atoms with Gasteiger partial charge < -0.3 is 10.2 Å². The van der Waals surface area contributed by atoms with E-state index in [1.54, 1.807) is 34.1 Å². The van der Waals surface area contributed by atoms with Crippen LogP contribution in [-0.2, 0) is 6.54 Å². The number of halogens is 1. The van der Waals surface area contributed by atoms with Crippen LogP contribution >= 0.6 is 0 Å². The molecule has 0 unspecified atom stereocenters. The maximum Gasteiger partial charge on any atom is 0.324 e. The molecule has 0 saturated carbocycles. The molecule has 5 nitrogen and oxygen atoms in total. The van der Waals surface area contributed by atoms with Gasteiger partial charge in [-0.15, -0.1) is 0 Å². The van der Waals surface area contributed by atoms with Gasteiger partial charge in [0.15, 0.2) is 0 Å². The van der Waals surface area contributed by atoms with Gasteiger partial charge in [0.2, 0.25) is 0 Å². The first-order valence-electron chi connectivity index (χ1n) is 10.3. The highest BCUT2D eigenvalue weighted by Crippen LogP contribution is 2.24. The lowest BCUT2D eigenvalue weighted by Gasteiger charge is -2.35. The Kier molecular flexibility index (Phi) is 5.98. The fourth-order valence-electron chi connectivity index (χ4n) is 3.77. The summed E-state index contributed by atoms with van der Waals surface area (Å²) in [7, 11) is 0. The Morgan fingerprint density at radius 1 is 1.00 bits per heavy atom. The molecule has 1 aliphatic rings. The van der Waals surface area contributed by atoms with Crippen LogP contribution in [0.15, 0.2) is 72.8 Å². The van der Waals surface area contributed by atoms with Gasteiger partial charge in [-0.25, -0.2) is 9.18 Å². The molecule has 0 aliphatic carbocycles. The summed E-state index contributed by atoms with van der Waals surface area (Å²) in [5.74, 6) is -0.469. The first-order chi connectivity index (χ1) is 15.0. The standard InChI is InChI=1S/C25H24FN3O2/c1-18-6-2-3-9-23(18)24(30)27-21-10-12-22(13-11-21)29-15-5-14-28(25(29)31)17-19-7-4-8-20(26)16-19/h2-4,6-13,16H,5,14-15,17H2,1H3,(H,27,30). The largest absolute Gasteiger partial charge is 0.324 e. The molecular weight excluding hydrogens is 393 g/mol. The molecular formula is C25H24FN3O2. The topological polar surface area (TPSA) is 52.7 Å². The van der Waals surface area contributed by atoms with E-state index >= 15 is 0 Å². The van der Waals surface area contributed by atoms with E-state index < -0.39 is 0 Å². The maximum absolute atomic E-state index is 13.5. The molecule has 3 amide bonds. The quantitative estimate of drug-likeness (QED) is 0.619. The molecule has 31 heavy (non-hydrogen) atoms. The number of nitrogens with one attached hydrogen (secondary N) is 1. The zero-order valence-electron chi connectivity index (χ0n) is 17.3. The van der Waals surface area contributed by atoms with Crippen molar-refractivity contribution in [2.24, 2.45) is 0 Å². The van der Waals surface area contributed by atoms with E-state index in [1.165, 1.54) is 12.1 Å². The van der Waals surface area contributed by atoms with Crippen molar-refractivity contribution in [3.63, 3.8) is 0 Å². The molecule has 3 aromatic rings. The van der Waals surface area contributed by atoms with Crippen molar-refractivity contribution in [1.29, 1.82) is 0 Å². The van der Waals surface area contributed by atoms with Gasteiger partial charge in [0.05, 0.1) is 0 Å². The van der Waals surface area contributed by atoms with Crippen molar-refractivity contribution >= 4 is 23.3 Å². The highest BCUT2D eigenvalue weighted by atomic mass is 19.1. The van der Waals surface area contributed by atoms with Gasteiger partial charge in [0, 0.05) is 36.6 Å². The monoisotopic (exact) mass is 417 g/mol. The number of amides is 3. The number of hydrogen-bond acceptors (Lipinski definition) is 2. The Labute approximate surface area is 181 Å². The average molecular weight is 417 g/mol. The minimum Gasteiger partial charge on any atom is -0.322 e. The second-order valence-electron chi connectivity index (χ2n) is 7.66. The number of nitrogens with zero attached hydrogens (tertiary/aromatic N) is 2. The van der Waals surface area contributed by atoms with E-state index in [0.717, 1.165) is 23.2 Å². The number of aryl methyl sites for hydroxylation is 1. The van der Waals surface area contributed by atoms with Crippen molar-refractivity contribution in [2.75, 3.05) is 23.3 Å². The summed E-state index contributed by atoms with van der Waals surface area (Å²) in [6.07, 6.45) is 0.826. The van der Waals surface area contributed by atoms with Gasteiger partial charge in [-0.2, -0.15) is 0 Å². The summed E-state index contributed by atoms with van der Waals surface area (Å²) in [6, 6.07) is 20.9. The summed E-state index contributed by atoms with van der Waals surface area (Å²) in [4.78, 5) is 28.9. The Bertz CT molecular complexity index is 1100. The third-order valence-electron chi connectivity index (χ3n) is 5.40. The van der Waals surface area contributed by atoms with E-state index in [-0.39, 0.29) is 17.8 Å². The Hall–Kier alpha value is -3.67. The van der Waals surface area contributed by atoms with Gasteiger partial charge in [0.1, 0.15) is 5.82 Å². The Morgan fingerprint density at radius 3 is 2.52 bits per heavy atom. The molecule has 0 aromatic heterocycles. The SMILES string of the molecule is Cc1ccccc1C(=O)Nc1ccc(N2CCCN(Cc3cccc(F)c3)C2=O)cc1. The molecule has 4 rings (SSSR count). The molecule has 0 spiro atoms. The zero-order chi connectivity index (χ0) is 21.8. The van der Waals surface area contributed by atoms with E-state index in [2.05, 4.69) is 5.32 Å². The average Bonchev–Trinajstić information content (AvgIpc) is 2.76. The van der Waals surface area contributed by atoms with Crippen LogP contribution in [0.2, 0.25) is 0 Å². The van der Waals surface area contributed by atoms with Crippen LogP contribution in [0.1, 0.15) is 27.9 Å². The number of rotatable bonds is 5. The number of urea groups is 1. The lowest BCUT2D eigenvalue weighted by molar-refractivity contribution is 0.102. The molecule has 3 aromatic carbocycles. The van der Waals surface area contributed by atoms with Crippen molar-refractivity contribution in [3.05, 3.63) is 95.3 Å². The molecule has 0 radical (unpaired) electrons. The number of carbonyl (C=O) groups is 2. The molecule has 6 heteroatoms. The molecule has 158 valence electrons. The number of anilines is 2. The van der Waals surface area contributed by atoms with Crippen molar-refractivity contribution in [1.82, 2.24) is 4.90 Å². The fourth-order valence-corrected chi connectivity index (χ4v) is 3.77. The van der Waals surface area contributed by atoms with Gasteiger partial charge in [-0.05, 0) is 66.9 Å². The van der Waals surface area contributed by atoms with Crippen LogP contribution in [0.5, 0.6) is 0 Å². The van der Waals surface area contributed by atoms with Gasteiger partial charge >= 0.3 is 6.03 Å². The second kappa shape index (κ2) is 9.00. The summed E-state index contributed by atoms with van der Waals surface area (Å²) in [5.41, 5.74) is 3.74. The van der Waals surface area contributed by atoms with Crippen LogP contribution < -0.4 is 10.2 Å². The second-order valence-corrected chi connectivity index (χ2v) is 7.66. The first kappa shape index (κ1) is 20.6. The van der Waals surface area contributed by atoms with Crippen LogP contribution in [0, 0.1) is 12.7 Å². The van der Waals surface area contributed by atoms with Crippen molar-refractivity contribution in [2.45, 2.75) is 19.9 Å². The Morgan fingerprint density at radius 2 is 1.77 bits per heavy atom. The maximum atomic E-state index is 13.5. The third-order valence-corrected chi connectivity index (χ3v) is 5.40. The zero-order valence-corrected chi connectivity index (χ0v) is 17.3. The molecule has 1 saturated heterocycles. The predicted molar refractivity (Wildman–Crippen MR) is 120 cm³/mol. The van der Waals surface area contributed by atoms with Gasteiger partial charge in [-0.1, -0.05) is 30.3 Å². The lowest BCUT2D eigenvalue weighted by Crippen LogP contribution is -2.49. The summed E-state index contributed by atoms with van der Waals surface area (Å²) in [5, 5.41) is 2.90. The number of hydrogen-bond donors (Lipinski definition) is 1. The summed E-state index contributed by atoms with van der Waals surface area (Å²) in [6.45, 7) is 3.52. The van der Waals surface area contributed by atoms with Crippen LogP contribution in [0.4, 0.5) is 20.6 Å². The molecule has 1 aliphatic heterocycles. The van der Waals surface area contributed by atoms with Crippen molar-refractivity contribution < 1.29 is 14.0 Å². The van der Waals surface area contributed by atoms with Crippen LogP contribution in [0.3, 0.4) is 0 Å². The predicted octanol–water partition coefficient (Wildman–Crippen LogP) is 5.22. The normalized spacial score (nSPS) is 13.9. The van der Waals surface area contributed by atoms with E-state index in [0.29, 0.717) is 30.9 Å². The molecule has 0 atom stereocenters. The summed E-state index contributed by atoms with van der Waals surface area (Å²) < 4.78 is 13.5. The minimum atomic E-state index is -0.304. The minimum absolute atomic E-state index is 0.104. The fraction of sp³-hybridized carbons (Fsp3) is 0.200. The first-order valence-corrected chi connectivity index (χ1v) is 10.3. The molecule has 0 bridgehead atoms. The van der Waals surface area contributed by atoms with Crippen molar-refractivity contribution in [3.8, 4) is 0 Å². The number of benzene rings is 3. The van der Waals surface area contributed by atoms with E-state index in [1.807, 2.05) is 43.3 Å². The number of carbonyl (C=O) groups excluding carboxylic acids is 2. The van der Waals surface area contributed by atoms with Crippen LogP contribution in [0.25, 0.3) is 0 Å². The highest BCUT2D eigenvalue weighted by molar-refractivity contribution is 6.05. The molecule has 1 fully saturated rings. The van der Waals surface area contributed by atoms with E-state index in [9.17, 15) is 14.0 Å². The van der Waals surface area contributed by atoms with Gasteiger partial charge in [0.25, 0.3) is 5.91 Å². The highest BCUT2D eigenvalue weighted by Gasteiger charge is 2.26. The third kappa shape index (κ3) is 4.74. The summed E-state index contributed by atoms with van der Waals surface area (Å²) >= 11 is 0. The lowest BCUT2D eigenvalue weighted by atomic mass is 10.1. The Balaban J connectivity index is 1.44. The van der Waals surface area contributed by atoms with Gasteiger partial charge in [-0.3, -0.25) is 9.69 Å². The molecule has 1 heterocycles. The van der Waals surface area contributed by atoms with Crippen LogP contribution in [-0.4, -0.2) is 29.9 Å².